The predicted molar refractivity (Wildman–Crippen MR) is 73.9 cm³/mol. The van der Waals surface area contributed by atoms with E-state index in [4.69, 9.17) is 10.5 Å². The number of nitrogen functional groups attached to an aromatic ring is 1. The van der Waals surface area contributed by atoms with Crippen LogP contribution in [0.4, 0.5) is 10.1 Å². The molecule has 0 amide bonds. The van der Waals surface area contributed by atoms with Crippen molar-refractivity contribution in [2.45, 2.75) is 10.6 Å². The average Bonchev–Trinajstić information content (AvgIpc) is 2.38. The summed E-state index contributed by atoms with van der Waals surface area (Å²) in [5.41, 5.74) is 6.70. The van der Waals surface area contributed by atoms with Gasteiger partial charge in [-0.1, -0.05) is 12.1 Å². The molecule has 2 rings (SSSR count). The fourth-order valence-corrected chi connectivity index (χ4v) is 2.85. The van der Waals surface area contributed by atoms with E-state index in [-0.39, 0.29) is 5.69 Å². The molecule has 2 aromatic rings. The monoisotopic (exact) mass is 279 g/mol. The topological polar surface area (TPSA) is 52.3 Å². The Bertz CT molecular complexity index is 579. The predicted octanol–water partition coefficient (Wildman–Crippen LogP) is 2.72. The summed E-state index contributed by atoms with van der Waals surface area (Å²) in [6.07, 6.45) is 0. The lowest BCUT2D eigenvalue weighted by Gasteiger charge is -2.05. The molecule has 0 aliphatic carbocycles. The van der Waals surface area contributed by atoms with Crippen LogP contribution in [-0.2, 0) is 16.6 Å². The van der Waals surface area contributed by atoms with Crippen LogP contribution in [0.1, 0.15) is 5.56 Å². The van der Waals surface area contributed by atoms with E-state index in [9.17, 15) is 8.60 Å². The standard InChI is InChI=1S/C14H14FNO2S/c1-18-13-4-2-10(3-5-13)9-19(17)14-7-11(15)6-12(16)8-14/h2-8H,9,16H2,1H3. The third-order valence-corrected chi connectivity index (χ3v) is 3.97. The van der Waals surface area contributed by atoms with E-state index >= 15 is 0 Å². The van der Waals surface area contributed by atoms with Crippen molar-refractivity contribution < 1.29 is 13.3 Å². The highest BCUT2D eigenvalue weighted by Gasteiger charge is 2.08. The van der Waals surface area contributed by atoms with Gasteiger partial charge in [0.05, 0.1) is 23.7 Å². The Morgan fingerprint density at radius 1 is 1.21 bits per heavy atom. The molecule has 19 heavy (non-hydrogen) atoms. The maximum absolute atomic E-state index is 13.2. The van der Waals surface area contributed by atoms with Crippen molar-refractivity contribution in [3.63, 3.8) is 0 Å². The molecular formula is C14H14FNO2S. The van der Waals surface area contributed by atoms with Gasteiger partial charge in [-0.05, 0) is 35.9 Å². The maximum Gasteiger partial charge on any atom is 0.126 e. The molecule has 2 N–H and O–H groups in total. The Morgan fingerprint density at radius 2 is 1.89 bits per heavy atom. The Balaban J connectivity index is 2.15. The molecule has 0 saturated heterocycles. The number of nitrogens with two attached hydrogens (primary N) is 1. The molecule has 0 aromatic heterocycles. The van der Waals surface area contributed by atoms with Gasteiger partial charge < -0.3 is 10.5 Å². The zero-order valence-corrected chi connectivity index (χ0v) is 11.2. The molecule has 2 aromatic carbocycles. The summed E-state index contributed by atoms with van der Waals surface area (Å²) < 4.78 is 30.4. The van der Waals surface area contributed by atoms with Gasteiger partial charge in [0, 0.05) is 10.6 Å². The molecule has 0 aliphatic rings. The number of benzene rings is 2. The van der Waals surface area contributed by atoms with Crippen LogP contribution in [0.5, 0.6) is 5.75 Å². The highest BCUT2D eigenvalue weighted by molar-refractivity contribution is 7.84. The number of anilines is 1. The van der Waals surface area contributed by atoms with Crippen LogP contribution in [0.25, 0.3) is 0 Å². The van der Waals surface area contributed by atoms with E-state index in [0.29, 0.717) is 10.6 Å². The molecular weight excluding hydrogens is 265 g/mol. The Labute approximate surface area is 113 Å². The third-order valence-electron chi connectivity index (χ3n) is 2.61. The quantitative estimate of drug-likeness (QED) is 0.875. The van der Waals surface area contributed by atoms with Gasteiger partial charge in [0.2, 0.25) is 0 Å². The first-order valence-corrected chi connectivity index (χ1v) is 6.98. The van der Waals surface area contributed by atoms with E-state index in [1.54, 1.807) is 19.2 Å². The van der Waals surface area contributed by atoms with Crippen molar-refractivity contribution in [2.24, 2.45) is 0 Å². The molecule has 0 radical (unpaired) electrons. The van der Waals surface area contributed by atoms with Crippen LogP contribution in [0.15, 0.2) is 47.4 Å². The summed E-state index contributed by atoms with van der Waals surface area (Å²) in [4.78, 5) is 0.397. The molecule has 3 nitrogen and oxygen atoms in total. The molecule has 0 aliphatic heterocycles. The van der Waals surface area contributed by atoms with Gasteiger partial charge in [-0.15, -0.1) is 0 Å². The smallest absolute Gasteiger partial charge is 0.126 e. The van der Waals surface area contributed by atoms with E-state index in [0.717, 1.165) is 11.3 Å². The fraction of sp³-hybridized carbons (Fsp3) is 0.143. The highest BCUT2D eigenvalue weighted by Crippen LogP contribution is 2.19. The van der Waals surface area contributed by atoms with Crippen molar-refractivity contribution in [3.8, 4) is 5.75 Å². The first kappa shape index (κ1) is 13.5. The average molecular weight is 279 g/mol. The van der Waals surface area contributed by atoms with Crippen LogP contribution in [0.2, 0.25) is 0 Å². The molecule has 1 unspecified atom stereocenters. The van der Waals surface area contributed by atoms with Gasteiger partial charge in [-0.2, -0.15) is 0 Å². The minimum Gasteiger partial charge on any atom is -0.497 e. The number of ether oxygens (including phenoxy) is 1. The minimum absolute atomic E-state index is 0.276. The van der Waals surface area contributed by atoms with Crippen LogP contribution in [0, 0.1) is 5.82 Å². The summed E-state index contributed by atoms with van der Waals surface area (Å²) in [5, 5.41) is 0. The number of hydrogen-bond donors (Lipinski definition) is 1. The fourth-order valence-electron chi connectivity index (χ4n) is 1.67. The lowest BCUT2D eigenvalue weighted by molar-refractivity contribution is 0.414. The molecule has 0 spiro atoms. The number of methoxy groups -OCH3 is 1. The van der Waals surface area contributed by atoms with E-state index in [1.165, 1.54) is 18.2 Å². The van der Waals surface area contributed by atoms with Crippen LogP contribution in [0.3, 0.4) is 0 Å². The number of halogens is 1. The SMILES string of the molecule is COc1ccc(CS(=O)c2cc(N)cc(F)c2)cc1. The lowest BCUT2D eigenvalue weighted by atomic mass is 10.2. The van der Waals surface area contributed by atoms with E-state index in [2.05, 4.69) is 0 Å². The van der Waals surface area contributed by atoms with Crippen molar-refractivity contribution >= 4 is 16.5 Å². The second-order valence-corrected chi connectivity index (χ2v) is 5.51. The Morgan fingerprint density at radius 3 is 2.47 bits per heavy atom. The zero-order chi connectivity index (χ0) is 13.8. The molecule has 5 heteroatoms. The van der Waals surface area contributed by atoms with Gasteiger partial charge in [0.15, 0.2) is 0 Å². The van der Waals surface area contributed by atoms with Gasteiger partial charge in [0.25, 0.3) is 0 Å². The molecule has 0 heterocycles. The third kappa shape index (κ3) is 3.54. The first-order valence-electron chi connectivity index (χ1n) is 5.66. The van der Waals surface area contributed by atoms with Crippen molar-refractivity contribution in [1.29, 1.82) is 0 Å². The van der Waals surface area contributed by atoms with E-state index < -0.39 is 16.6 Å². The van der Waals surface area contributed by atoms with Gasteiger partial charge in [0.1, 0.15) is 11.6 Å². The Hall–Kier alpha value is -1.88. The number of hydrogen-bond acceptors (Lipinski definition) is 3. The van der Waals surface area contributed by atoms with Crippen molar-refractivity contribution in [2.75, 3.05) is 12.8 Å². The van der Waals surface area contributed by atoms with E-state index in [1.807, 2.05) is 12.1 Å². The van der Waals surface area contributed by atoms with Gasteiger partial charge >= 0.3 is 0 Å². The first-order chi connectivity index (χ1) is 9.08. The second-order valence-electron chi connectivity index (χ2n) is 4.06. The molecule has 100 valence electrons. The van der Waals surface area contributed by atoms with Crippen molar-refractivity contribution in [1.82, 2.24) is 0 Å². The van der Waals surface area contributed by atoms with Crippen molar-refractivity contribution in [3.05, 3.63) is 53.8 Å². The normalized spacial score (nSPS) is 12.1. The highest BCUT2D eigenvalue weighted by atomic mass is 32.2. The number of rotatable bonds is 4. The van der Waals surface area contributed by atoms with Crippen LogP contribution >= 0.6 is 0 Å². The summed E-state index contributed by atoms with van der Waals surface area (Å²) in [7, 11) is 0.262. The molecule has 0 fully saturated rings. The lowest BCUT2D eigenvalue weighted by Crippen LogP contribution is -1.99. The van der Waals surface area contributed by atoms with Gasteiger partial charge in [-0.25, -0.2) is 4.39 Å². The summed E-state index contributed by atoms with van der Waals surface area (Å²) in [6.45, 7) is 0. The summed E-state index contributed by atoms with van der Waals surface area (Å²) in [6, 6.07) is 11.2. The van der Waals surface area contributed by atoms with Gasteiger partial charge in [-0.3, -0.25) is 4.21 Å². The summed E-state index contributed by atoms with van der Waals surface area (Å²) >= 11 is 0. The largest absolute Gasteiger partial charge is 0.497 e. The molecule has 1 atom stereocenters. The molecule has 0 saturated carbocycles. The zero-order valence-electron chi connectivity index (χ0n) is 10.4. The molecule has 0 bridgehead atoms. The Kier molecular flexibility index (Phi) is 4.16. The minimum atomic E-state index is -1.32. The van der Waals surface area contributed by atoms with Crippen LogP contribution in [-0.4, -0.2) is 11.3 Å². The second kappa shape index (κ2) is 5.84. The van der Waals surface area contributed by atoms with Crippen LogP contribution < -0.4 is 10.5 Å². The summed E-state index contributed by atoms with van der Waals surface area (Å²) in [5.74, 6) is 0.579. The maximum atomic E-state index is 13.2.